The topological polar surface area (TPSA) is 6.48 Å². The second-order valence-corrected chi connectivity index (χ2v) is 13.9. The van der Waals surface area contributed by atoms with Crippen LogP contribution in [0.5, 0.6) is 0 Å². The third-order valence-electron chi connectivity index (χ3n) is 8.93. The minimum atomic E-state index is 1.12. The number of hydrogen-bond donors (Lipinski definition) is 0. The standard InChI is InChI=1S/C43H82N2/c1-5-7-9-11-13-15-17-19-21-23-25-27-29-31-33-37-41-45(43-39-35-36-40-44(3)4)42-38-34-32-30-28-26-24-22-20-18-16-14-12-10-8-6-2/h13-16,19-22H,5-12,17-18,23-43H2,1-4H3/b15-13-,16-14-,21-19-,22-20-. The summed E-state index contributed by atoms with van der Waals surface area (Å²) in [5.41, 5.74) is 0. The Labute approximate surface area is 285 Å². The van der Waals surface area contributed by atoms with Gasteiger partial charge in [0.25, 0.3) is 0 Å². The maximum atomic E-state index is 2.81. The van der Waals surface area contributed by atoms with E-state index in [1.807, 2.05) is 0 Å². The highest BCUT2D eigenvalue weighted by Gasteiger charge is 2.05. The zero-order valence-electron chi connectivity index (χ0n) is 31.4. The van der Waals surface area contributed by atoms with Gasteiger partial charge in [-0.05, 0) is 130 Å². The smallest absolute Gasteiger partial charge is 0.00187 e. The maximum Gasteiger partial charge on any atom is -0.00187 e. The number of allylic oxidation sites excluding steroid dienone is 8. The zero-order valence-corrected chi connectivity index (χ0v) is 31.4. The summed E-state index contributed by atoms with van der Waals surface area (Å²) >= 11 is 0. The molecule has 264 valence electrons. The van der Waals surface area contributed by atoms with Crippen LogP contribution in [0.25, 0.3) is 0 Å². The summed E-state index contributed by atoms with van der Waals surface area (Å²) in [6, 6.07) is 0. The van der Waals surface area contributed by atoms with Crippen molar-refractivity contribution in [2.45, 2.75) is 187 Å². The highest BCUT2D eigenvalue weighted by atomic mass is 15.1. The molecular formula is C43H82N2. The molecule has 0 atom stereocenters. The van der Waals surface area contributed by atoms with Gasteiger partial charge in [0.05, 0.1) is 0 Å². The van der Waals surface area contributed by atoms with Crippen molar-refractivity contribution >= 4 is 0 Å². The minimum absolute atomic E-state index is 1.12. The second kappa shape index (κ2) is 39.1. The zero-order chi connectivity index (χ0) is 32.7. The van der Waals surface area contributed by atoms with Gasteiger partial charge in [-0.15, -0.1) is 0 Å². The van der Waals surface area contributed by atoms with Crippen LogP contribution in [0.3, 0.4) is 0 Å². The van der Waals surface area contributed by atoms with Gasteiger partial charge >= 0.3 is 0 Å². The predicted molar refractivity (Wildman–Crippen MR) is 208 cm³/mol. The fourth-order valence-electron chi connectivity index (χ4n) is 5.92. The number of nitrogens with zero attached hydrogens (tertiary/aromatic N) is 2. The molecule has 0 amide bonds. The van der Waals surface area contributed by atoms with Crippen LogP contribution in [0.15, 0.2) is 48.6 Å². The van der Waals surface area contributed by atoms with E-state index >= 15 is 0 Å². The number of rotatable bonds is 36. The van der Waals surface area contributed by atoms with Gasteiger partial charge in [0.1, 0.15) is 0 Å². The van der Waals surface area contributed by atoms with Crippen molar-refractivity contribution in [2.75, 3.05) is 40.3 Å². The first kappa shape index (κ1) is 43.9. The lowest BCUT2D eigenvalue weighted by molar-refractivity contribution is 0.252. The molecule has 0 aliphatic rings. The first-order valence-corrected chi connectivity index (χ1v) is 20.2. The molecule has 0 aliphatic heterocycles. The summed E-state index contributed by atoms with van der Waals surface area (Å²) in [7, 11) is 4.40. The van der Waals surface area contributed by atoms with Crippen LogP contribution >= 0.6 is 0 Å². The highest BCUT2D eigenvalue weighted by molar-refractivity contribution is 4.93. The van der Waals surface area contributed by atoms with Crippen molar-refractivity contribution < 1.29 is 0 Å². The Morgan fingerprint density at radius 3 is 0.956 bits per heavy atom. The summed E-state index contributed by atoms with van der Waals surface area (Å²) < 4.78 is 0. The van der Waals surface area contributed by atoms with E-state index in [9.17, 15) is 0 Å². The molecule has 0 spiro atoms. The van der Waals surface area contributed by atoms with E-state index < -0.39 is 0 Å². The van der Waals surface area contributed by atoms with Crippen molar-refractivity contribution in [1.29, 1.82) is 0 Å². The van der Waals surface area contributed by atoms with Crippen LogP contribution in [-0.2, 0) is 0 Å². The van der Waals surface area contributed by atoms with E-state index in [2.05, 4.69) is 86.4 Å². The monoisotopic (exact) mass is 627 g/mol. The average Bonchev–Trinajstić information content (AvgIpc) is 3.03. The van der Waals surface area contributed by atoms with E-state index in [1.54, 1.807) is 0 Å². The van der Waals surface area contributed by atoms with Gasteiger partial charge in [0.15, 0.2) is 0 Å². The molecule has 0 saturated heterocycles. The Morgan fingerprint density at radius 1 is 0.311 bits per heavy atom. The second-order valence-electron chi connectivity index (χ2n) is 13.9. The quantitative estimate of drug-likeness (QED) is 0.0504. The molecule has 0 aliphatic carbocycles. The Morgan fingerprint density at radius 2 is 0.600 bits per heavy atom. The van der Waals surface area contributed by atoms with Gasteiger partial charge in [0, 0.05) is 0 Å². The summed E-state index contributed by atoms with van der Waals surface area (Å²) in [6.07, 6.45) is 55.2. The Bertz CT molecular complexity index is 611. The molecule has 2 nitrogen and oxygen atoms in total. The van der Waals surface area contributed by atoms with Crippen LogP contribution in [0, 0.1) is 0 Å². The number of hydrogen-bond acceptors (Lipinski definition) is 2. The van der Waals surface area contributed by atoms with Crippen LogP contribution in [-0.4, -0.2) is 50.1 Å². The van der Waals surface area contributed by atoms with Gasteiger partial charge in [-0.2, -0.15) is 0 Å². The largest absolute Gasteiger partial charge is 0.309 e. The molecule has 0 bridgehead atoms. The fourth-order valence-corrected chi connectivity index (χ4v) is 5.92. The molecule has 0 unspecified atom stereocenters. The van der Waals surface area contributed by atoms with E-state index in [0.29, 0.717) is 0 Å². The molecule has 0 fully saturated rings. The van der Waals surface area contributed by atoms with E-state index in [0.717, 1.165) is 12.8 Å². The first-order valence-electron chi connectivity index (χ1n) is 20.2. The average molecular weight is 627 g/mol. The molecule has 0 N–H and O–H groups in total. The Balaban J connectivity index is 3.88. The molecule has 45 heavy (non-hydrogen) atoms. The van der Waals surface area contributed by atoms with E-state index in [4.69, 9.17) is 0 Å². The van der Waals surface area contributed by atoms with Crippen molar-refractivity contribution in [2.24, 2.45) is 0 Å². The molecule has 0 aromatic heterocycles. The molecule has 0 rings (SSSR count). The molecule has 0 aromatic carbocycles. The molecule has 0 saturated carbocycles. The normalized spacial score (nSPS) is 12.6. The van der Waals surface area contributed by atoms with Crippen LogP contribution < -0.4 is 0 Å². The van der Waals surface area contributed by atoms with Crippen molar-refractivity contribution in [1.82, 2.24) is 9.80 Å². The Hall–Kier alpha value is -1.12. The highest BCUT2D eigenvalue weighted by Crippen LogP contribution is 2.12. The van der Waals surface area contributed by atoms with E-state index in [-0.39, 0.29) is 0 Å². The van der Waals surface area contributed by atoms with Gasteiger partial charge in [-0.3, -0.25) is 0 Å². The summed E-state index contributed by atoms with van der Waals surface area (Å²) in [5, 5.41) is 0. The van der Waals surface area contributed by atoms with Crippen LogP contribution in [0.1, 0.15) is 187 Å². The van der Waals surface area contributed by atoms with Crippen LogP contribution in [0.4, 0.5) is 0 Å². The SMILES string of the molecule is CCCCC/C=C\C/C=C\CCCCCCCCN(CCCCCCCC/C=C\C/C=C\CCCCC)CCCCCN(C)C. The van der Waals surface area contributed by atoms with Gasteiger partial charge in [0.2, 0.25) is 0 Å². The minimum Gasteiger partial charge on any atom is -0.309 e. The van der Waals surface area contributed by atoms with Crippen molar-refractivity contribution in [3.63, 3.8) is 0 Å². The third kappa shape index (κ3) is 39.0. The first-order chi connectivity index (χ1) is 22.2. The lowest BCUT2D eigenvalue weighted by atomic mass is 10.1. The van der Waals surface area contributed by atoms with Crippen LogP contribution in [0.2, 0.25) is 0 Å². The summed E-state index contributed by atoms with van der Waals surface area (Å²) in [6.45, 7) is 9.74. The lowest BCUT2D eigenvalue weighted by Crippen LogP contribution is -2.27. The summed E-state index contributed by atoms with van der Waals surface area (Å²) in [5.74, 6) is 0. The van der Waals surface area contributed by atoms with Gasteiger partial charge in [-0.25, -0.2) is 0 Å². The molecule has 2 heteroatoms. The fraction of sp³-hybridized carbons (Fsp3) is 0.814. The van der Waals surface area contributed by atoms with Gasteiger partial charge < -0.3 is 9.80 Å². The molecule has 0 heterocycles. The van der Waals surface area contributed by atoms with E-state index in [1.165, 1.54) is 187 Å². The Kier molecular flexibility index (Phi) is 38.1. The summed E-state index contributed by atoms with van der Waals surface area (Å²) in [4.78, 5) is 5.13. The predicted octanol–water partition coefficient (Wildman–Crippen LogP) is 13.6. The third-order valence-corrected chi connectivity index (χ3v) is 8.93. The molecule has 0 aromatic rings. The number of unbranched alkanes of at least 4 members (excludes halogenated alkanes) is 20. The lowest BCUT2D eigenvalue weighted by Gasteiger charge is -2.22. The maximum absolute atomic E-state index is 2.81. The van der Waals surface area contributed by atoms with Gasteiger partial charge in [-0.1, -0.05) is 146 Å². The van der Waals surface area contributed by atoms with Crippen molar-refractivity contribution in [3.8, 4) is 0 Å². The molecule has 0 radical (unpaired) electrons. The molecular weight excluding hydrogens is 544 g/mol. The van der Waals surface area contributed by atoms with Crippen molar-refractivity contribution in [3.05, 3.63) is 48.6 Å².